The largest absolute Gasteiger partial charge is 0.272 e. The number of benzene rings is 4. The van der Waals surface area contributed by atoms with Gasteiger partial charge in [-0.05, 0) is 33.2 Å². The van der Waals surface area contributed by atoms with Crippen molar-refractivity contribution in [3.63, 3.8) is 0 Å². The topological polar surface area (TPSA) is 67.2 Å². The Balaban J connectivity index is 1.19. The molecule has 0 unspecified atom stereocenters. The lowest BCUT2D eigenvalue weighted by Gasteiger charge is -2.07. The number of hydrogen-bond donors (Lipinski definition) is 1. The average molecular weight is 501 g/mol. The van der Waals surface area contributed by atoms with Crippen LogP contribution >= 0.6 is 34.9 Å². The zero-order valence-electron chi connectivity index (χ0n) is 18.0. The highest BCUT2D eigenvalue weighted by Crippen LogP contribution is 2.30. The van der Waals surface area contributed by atoms with Gasteiger partial charge in [0.05, 0.1) is 12.0 Å². The van der Waals surface area contributed by atoms with Crippen molar-refractivity contribution < 1.29 is 4.79 Å². The van der Waals surface area contributed by atoms with Crippen LogP contribution in [0.2, 0.25) is 0 Å². The van der Waals surface area contributed by atoms with Crippen molar-refractivity contribution in [2.24, 2.45) is 5.10 Å². The predicted octanol–water partition coefficient (Wildman–Crippen LogP) is 6.38. The summed E-state index contributed by atoms with van der Waals surface area (Å²) in [5.41, 5.74) is 4.88. The van der Waals surface area contributed by atoms with E-state index in [0.717, 1.165) is 41.5 Å². The van der Waals surface area contributed by atoms with Gasteiger partial charge in [0.2, 0.25) is 0 Å². The van der Waals surface area contributed by atoms with Crippen molar-refractivity contribution in [3.8, 4) is 0 Å². The second-order valence-corrected chi connectivity index (χ2v) is 10.8. The normalized spacial score (nSPS) is 11.4. The first kappa shape index (κ1) is 22.6. The highest BCUT2D eigenvalue weighted by Gasteiger charge is 2.09. The maximum Gasteiger partial charge on any atom is 0.250 e. The lowest BCUT2D eigenvalue weighted by Crippen LogP contribution is -2.19. The maximum atomic E-state index is 12.4. The molecular formula is C26H20N4OS3. The Morgan fingerprint density at radius 2 is 1.47 bits per heavy atom. The van der Waals surface area contributed by atoms with Gasteiger partial charge in [-0.15, -0.1) is 10.2 Å². The van der Waals surface area contributed by atoms with Crippen molar-refractivity contribution in [2.75, 3.05) is 5.75 Å². The SMILES string of the molecule is O=C(CSc1nnc(SCc2ccccc2)s1)N/N=C\c1c2ccccc2cc2ccccc12. The predicted molar refractivity (Wildman–Crippen MR) is 144 cm³/mol. The van der Waals surface area contributed by atoms with Crippen LogP contribution in [0, 0.1) is 0 Å². The summed E-state index contributed by atoms with van der Waals surface area (Å²) in [6, 6.07) is 28.8. The van der Waals surface area contributed by atoms with E-state index in [9.17, 15) is 4.79 Å². The van der Waals surface area contributed by atoms with Gasteiger partial charge in [-0.3, -0.25) is 4.79 Å². The van der Waals surface area contributed by atoms with Gasteiger partial charge in [0.25, 0.3) is 5.91 Å². The van der Waals surface area contributed by atoms with E-state index in [4.69, 9.17) is 0 Å². The van der Waals surface area contributed by atoms with Gasteiger partial charge < -0.3 is 0 Å². The van der Waals surface area contributed by atoms with Crippen molar-refractivity contribution >= 4 is 68.5 Å². The summed E-state index contributed by atoms with van der Waals surface area (Å²) in [7, 11) is 0. The van der Waals surface area contributed by atoms with E-state index in [0.29, 0.717) is 0 Å². The van der Waals surface area contributed by atoms with Gasteiger partial charge in [-0.25, -0.2) is 5.43 Å². The van der Waals surface area contributed by atoms with Crippen LogP contribution in [-0.2, 0) is 10.5 Å². The Hall–Kier alpha value is -3.20. The quantitative estimate of drug-likeness (QED) is 0.116. The summed E-state index contributed by atoms with van der Waals surface area (Å²) in [5.74, 6) is 0.892. The van der Waals surface area contributed by atoms with E-state index in [1.165, 1.54) is 28.7 Å². The van der Waals surface area contributed by atoms with Gasteiger partial charge in [-0.2, -0.15) is 5.10 Å². The van der Waals surface area contributed by atoms with Crippen LogP contribution in [0.1, 0.15) is 11.1 Å². The van der Waals surface area contributed by atoms with Crippen LogP contribution in [0.3, 0.4) is 0 Å². The molecule has 5 aromatic rings. The van der Waals surface area contributed by atoms with Crippen LogP contribution in [0.15, 0.2) is 98.7 Å². The zero-order valence-corrected chi connectivity index (χ0v) is 20.5. The molecule has 1 heterocycles. The molecule has 5 nitrogen and oxygen atoms in total. The summed E-state index contributed by atoms with van der Waals surface area (Å²) in [6.45, 7) is 0. The molecule has 1 aromatic heterocycles. The Labute approximate surface area is 209 Å². The highest BCUT2D eigenvalue weighted by atomic mass is 32.2. The van der Waals surface area contributed by atoms with Gasteiger partial charge in [0.15, 0.2) is 8.68 Å². The van der Waals surface area contributed by atoms with E-state index in [1.54, 1.807) is 18.0 Å². The fraction of sp³-hybridized carbons (Fsp3) is 0.0769. The molecular weight excluding hydrogens is 481 g/mol. The maximum absolute atomic E-state index is 12.4. The second-order valence-electron chi connectivity index (χ2n) is 7.42. The zero-order chi connectivity index (χ0) is 23.2. The highest BCUT2D eigenvalue weighted by molar-refractivity contribution is 8.03. The Kier molecular flexibility index (Phi) is 7.19. The van der Waals surface area contributed by atoms with Crippen LogP contribution < -0.4 is 5.43 Å². The van der Waals surface area contributed by atoms with Crippen LogP contribution in [0.5, 0.6) is 0 Å². The first-order valence-electron chi connectivity index (χ1n) is 10.6. The Bertz CT molecular complexity index is 1410. The molecule has 0 aliphatic heterocycles. The molecule has 8 heteroatoms. The van der Waals surface area contributed by atoms with Crippen LogP contribution in [-0.4, -0.2) is 28.1 Å². The summed E-state index contributed by atoms with van der Waals surface area (Å²) in [6.07, 6.45) is 1.73. The molecule has 0 saturated carbocycles. The molecule has 1 N–H and O–H groups in total. The monoisotopic (exact) mass is 500 g/mol. The number of thioether (sulfide) groups is 2. The molecule has 5 rings (SSSR count). The number of rotatable bonds is 8. The Morgan fingerprint density at radius 1 is 0.853 bits per heavy atom. The Morgan fingerprint density at radius 3 is 2.18 bits per heavy atom. The number of nitrogens with one attached hydrogen (secondary N) is 1. The first-order valence-corrected chi connectivity index (χ1v) is 13.4. The molecule has 0 aliphatic rings. The van der Waals surface area contributed by atoms with Crippen LogP contribution in [0.25, 0.3) is 21.5 Å². The van der Waals surface area contributed by atoms with E-state index >= 15 is 0 Å². The van der Waals surface area contributed by atoms with Gasteiger partial charge in [0, 0.05) is 11.3 Å². The number of hydrazone groups is 1. The summed E-state index contributed by atoms with van der Waals surface area (Å²) in [5, 5.41) is 17.1. The lowest BCUT2D eigenvalue weighted by molar-refractivity contribution is -0.118. The van der Waals surface area contributed by atoms with Gasteiger partial charge >= 0.3 is 0 Å². The fourth-order valence-electron chi connectivity index (χ4n) is 3.55. The van der Waals surface area contributed by atoms with E-state index in [1.807, 2.05) is 42.5 Å². The number of amides is 1. The molecule has 0 spiro atoms. The van der Waals surface area contributed by atoms with Gasteiger partial charge in [-0.1, -0.05) is 114 Å². The third kappa shape index (κ3) is 5.47. The molecule has 168 valence electrons. The molecule has 0 aliphatic carbocycles. The number of hydrogen-bond acceptors (Lipinski definition) is 7. The minimum absolute atomic E-state index is 0.181. The molecule has 0 fully saturated rings. The molecule has 34 heavy (non-hydrogen) atoms. The summed E-state index contributed by atoms with van der Waals surface area (Å²) in [4.78, 5) is 12.4. The molecule has 0 bridgehead atoms. The molecule has 4 aromatic carbocycles. The third-order valence-corrected chi connectivity index (χ3v) is 8.38. The molecule has 0 radical (unpaired) electrons. The summed E-state index contributed by atoms with van der Waals surface area (Å²) < 4.78 is 1.67. The van der Waals surface area contributed by atoms with E-state index in [-0.39, 0.29) is 11.7 Å². The molecule has 0 atom stereocenters. The van der Waals surface area contributed by atoms with Crippen molar-refractivity contribution in [1.29, 1.82) is 0 Å². The second kappa shape index (κ2) is 10.8. The van der Waals surface area contributed by atoms with Crippen LogP contribution in [0.4, 0.5) is 0 Å². The number of nitrogens with zero attached hydrogens (tertiary/aromatic N) is 3. The number of carbonyl (C=O) groups is 1. The minimum Gasteiger partial charge on any atom is -0.272 e. The third-order valence-electron chi connectivity index (χ3n) is 5.12. The summed E-state index contributed by atoms with van der Waals surface area (Å²) >= 11 is 4.52. The smallest absolute Gasteiger partial charge is 0.250 e. The fourth-order valence-corrected chi connectivity index (χ4v) is 6.32. The van der Waals surface area contributed by atoms with Gasteiger partial charge in [0.1, 0.15) is 0 Å². The number of aromatic nitrogens is 2. The van der Waals surface area contributed by atoms with Crippen molar-refractivity contribution in [1.82, 2.24) is 15.6 Å². The van der Waals surface area contributed by atoms with Crippen molar-refractivity contribution in [3.05, 3.63) is 96.1 Å². The minimum atomic E-state index is -0.181. The van der Waals surface area contributed by atoms with E-state index < -0.39 is 0 Å². The number of carbonyl (C=O) groups excluding carboxylic acids is 1. The molecule has 1 amide bonds. The lowest BCUT2D eigenvalue weighted by atomic mass is 9.97. The van der Waals surface area contributed by atoms with E-state index in [2.05, 4.69) is 63.2 Å². The average Bonchev–Trinajstić information content (AvgIpc) is 3.34. The molecule has 0 saturated heterocycles. The number of fused-ring (bicyclic) bond motifs is 2. The standard InChI is InChI=1S/C26H20N4OS3/c31-24(17-33-26-30-29-25(34-26)32-16-18-8-2-1-3-9-18)28-27-15-23-21-12-6-4-10-19(21)14-20-11-5-7-13-22(20)23/h1-15H,16-17H2,(H,28,31)/b27-15-. The van der Waals surface area contributed by atoms with Crippen molar-refractivity contribution in [2.45, 2.75) is 14.4 Å². The first-order chi connectivity index (χ1) is 16.8.